The van der Waals surface area contributed by atoms with Crippen LogP contribution < -0.4 is 9.47 Å². The molecule has 25 heavy (non-hydrogen) atoms. The predicted molar refractivity (Wildman–Crippen MR) is 101 cm³/mol. The number of carbonyl (C=O) groups is 1. The molecule has 0 radical (unpaired) electrons. The van der Waals surface area contributed by atoms with Gasteiger partial charge in [-0.05, 0) is 23.3 Å². The Labute approximate surface area is 153 Å². The summed E-state index contributed by atoms with van der Waals surface area (Å²) in [5, 5.41) is 0.0532. The number of hydrogen-bond donors (Lipinski definition) is 0. The highest BCUT2D eigenvalue weighted by molar-refractivity contribution is 7.99. The number of thioether (sulfide) groups is 1. The van der Waals surface area contributed by atoms with E-state index < -0.39 is 0 Å². The van der Waals surface area contributed by atoms with Gasteiger partial charge in [-0.3, -0.25) is 4.79 Å². The Morgan fingerprint density at radius 2 is 2.00 bits per heavy atom. The summed E-state index contributed by atoms with van der Waals surface area (Å²) in [5.41, 5.74) is 2.18. The number of hydrogen-bond acceptors (Lipinski definition) is 4. The minimum absolute atomic E-state index is 0.0532. The molecule has 1 aliphatic rings. The third kappa shape index (κ3) is 4.10. The number of benzene rings is 2. The number of rotatable bonds is 6. The van der Waals surface area contributed by atoms with Crippen LogP contribution in [0.4, 0.5) is 0 Å². The fourth-order valence-corrected chi connectivity index (χ4v) is 4.17. The van der Waals surface area contributed by atoms with Gasteiger partial charge < -0.3 is 14.4 Å². The summed E-state index contributed by atoms with van der Waals surface area (Å²) in [7, 11) is 1.64. The van der Waals surface area contributed by atoms with E-state index in [2.05, 4.69) is 0 Å². The summed E-state index contributed by atoms with van der Waals surface area (Å²) in [6.45, 7) is 3.19. The molecule has 0 bridgehead atoms. The zero-order valence-corrected chi connectivity index (χ0v) is 15.4. The van der Waals surface area contributed by atoms with Crippen molar-refractivity contribution in [3.8, 4) is 11.5 Å². The standard InChI is InChI=1S/C20H23NO3S/c1-3-19(22)21-11-12-25-20(21)16-9-10-17(23-2)18(13-16)24-14-15-7-5-4-6-8-15/h4-10,13,20H,3,11-12,14H2,1-2H3. The highest BCUT2D eigenvalue weighted by atomic mass is 32.2. The van der Waals surface area contributed by atoms with Gasteiger partial charge in [0.25, 0.3) is 0 Å². The molecule has 0 N–H and O–H groups in total. The topological polar surface area (TPSA) is 38.8 Å². The lowest BCUT2D eigenvalue weighted by molar-refractivity contribution is -0.131. The van der Waals surface area contributed by atoms with Crippen molar-refractivity contribution >= 4 is 17.7 Å². The van der Waals surface area contributed by atoms with Crippen LogP contribution in [0.15, 0.2) is 48.5 Å². The summed E-state index contributed by atoms with van der Waals surface area (Å²) in [6.07, 6.45) is 0.532. The zero-order chi connectivity index (χ0) is 17.6. The maximum absolute atomic E-state index is 12.2. The summed E-state index contributed by atoms with van der Waals surface area (Å²) >= 11 is 1.79. The van der Waals surface area contributed by atoms with Crippen LogP contribution in [0.1, 0.15) is 29.8 Å². The van der Waals surface area contributed by atoms with E-state index in [4.69, 9.17) is 9.47 Å². The Balaban J connectivity index is 1.81. The molecule has 0 aromatic heterocycles. The third-order valence-corrected chi connectivity index (χ3v) is 5.48. The van der Waals surface area contributed by atoms with Gasteiger partial charge in [-0.25, -0.2) is 0 Å². The number of amides is 1. The first kappa shape index (κ1) is 17.7. The fourth-order valence-electron chi connectivity index (χ4n) is 2.90. The van der Waals surface area contributed by atoms with Crippen LogP contribution in [-0.2, 0) is 11.4 Å². The van der Waals surface area contributed by atoms with Crippen LogP contribution in [0.2, 0.25) is 0 Å². The van der Waals surface area contributed by atoms with Crippen molar-refractivity contribution < 1.29 is 14.3 Å². The van der Waals surface area contributed by atoms with E-state index in [0.29, 0.717) is 24.5 Å². The Kier molecular flexibility index (Phi) is 5.87. The minimum atomic E-state index is 0.0532. The molecule has 1 saturated heterocycles. The molecule has 0 spiro atoms. The molecule has 5 heteroatoms. The molecule has 4 nitrogen and oxygen atoms in total. The number of carbonyl (C=O) groups excluding carboxylic acids is 1. The third-order valence-electron chi connectivity index (χ3n) is 4.22. The minimum Gasteiger partial charge on any atom is -0.493 e. The van der Waals surface area contributed by atoms with Crippen molar-refractivity contribution in [2.75, 3.05) is 19.4 Å². The predicted octanol–water partition coefficient (Wildman–Crippen LogP) is 4.26. The Morgan fingerprint density at radius 3 is 2.72 bits per heavy atom. The quantitative estimate of drug-likeness (QED) is 0.774. The molecule has 3 rings (SSSR count). The molecular weight excluding hydrogens is 334 g/mol. The van der Waals surface area contributed by atoms with E-state index in [0.717, 1.165) is 23.4 Å². The van der Waals surface area contributed by atoms with Crippen molar-refractivity contribution in [1.82, 2.24) is 4.90 Å². The first-order chi connectivity index (χ1) is 12.2. The largest absolute Gasteiger partial charge is 0.493 e. The van der Waals surface area contributed by atoms with E-state index in [-0.39, 0.29) is 11.3 Å². The molecule has 2 aromatic rings. The summed E-state index contributed by atoms with van der Waals surface area (Å²) < 4.78 is 11.4. The van der Waals surface area contributed by atoms with E-state index >= 15 is 0 Å². The van der Waals surface area contributed by atoms with Crippen LogP contribution in [0.25, 0.3) is 0 Å². The number of nitrogens with zero attached hydrogens (tertiary/aromatic N) is 1. The average molecular weight is 357 g/mol. The highest BCUT2D eigenvalue weighted by Gasteiger charge is 2.30. The van der Waals surface area contributed by atoms with Gasteiger partial charge in [0.1, 0.15) is 12.0 Å². The number of ether oxygens (including phenoxy) is 2. The van der Waals surface area contributed by atoms with Crippen molar-refractivity contribution in [3.63, 3.8) is 0 Å². The van der Waals surface area contributed by atoms with E-state index in [1.54, 1.807) is 18.9 Å². The Morgan fingerprint density at radius 1 is 1.20 bits per heavy atom. The van der Waals surface area contributed by atoms with Gasteiger partial charge in [-0.1, -0.05) is 43.3 Å². The molecule has 0 saturated carbocycles. The molecule has 1 amide bonds. The van der Waals surface area contributed by atoms with Crippen molar-refractivity contribution in [3.05, 3.63) is 59.7 Å². The molecule has 0 aliphatic carbocycles. The van der Waals surface area contributed by atoms with Gasteiger partial charge in [0.05, 0.1) is 7.11 Å². The van der Waals surface area contributed by atoms with Crippen LogP contribution >= 0.6 is 11.8 Å². The highest BCUT2D eigenvalue weighted by Crippen LogP contribution is 2.41. The molecule has 132 valence electrons. The lowest BCUT2D eigenvalue weighted by Crippen LogP contribution is -2.29. The van der Waals surface area contributed by atoms with Crippen LogP contribution in [0.5, 0.6) is 11.5 Å². The van der Waals surface area contributed by atoms with Gasteiger partial charge in [-0.2, -0.15) is 0 Å². The van der Waals surface area contributed by atoms with Gasteiger partial charge >= 0.3 is 0 Å². The maximum Gasteiger partial charge on any atom is 0.223 e. The van der Waals surface area contributed by atoms with Gasteiger partial charge in [0.2, 0.25) is 5.91 Å². The molecule has 1 fully saturated rings. The molecule has 2 aromatic carbocycles. The summed E-state index contributed by atoms with van der Waals surface area (Å²) in [6, 6.07) is 16.0. The van der Waals surface area contributed by atoms with Gasteiger partial charge in [0.15, 0.2) is 11.5 Å². The van der Waals surface area contributed by atoms with E-state index in [1.165, 1.54) is 0 Å². The van der Waals surface area contributed by atoms with Crippen molar-refractivity contribution in [2.45, 2.75) is 25.3 Å². The first-order valence-corrected chi connectivity index (χ1v) is 9.53. The monoisotopic (exact) mass is 357 g/mol. The SMILES string of the molecule is CCC(=O)N1CCSC1c1ccc(OC)c(OCc2ccccc2)c1. The van der Waals surface area contributed by atoms with Crippen LogP contribution in [-0.4, -0.2) is 30.2 Å². The maximum atomic E-state index is 12.2. The normalized spacial score (nSPS) is 16.7. The lowest BCUT2D eigenvalue weighted by Gasteiger charge is -2.24. The average Bonchev–Trinajstić information content (AvgIpc) is 3.16. The Bertz CT molecular complexity index is 720. The zero-order valence-electron chi connectivity index (χ0n) is 14.6. The lowest BCUT2D eigenvalue weighted by atomic mass is 10.1. The van der Waals surface area contributed by atoms with E-state index in [1.807, 2.05) is 60.4 Å². The molecule has 1 aliphatic heterocycles. The van der Waals surface area contributed by atoms with Gasteiger partial charge in [0, 0.05) is 18.7 Å². The molecule has 1 unspecified atom stereocenters. The second kappa shape index (κ2) is 8.30. The summed E-state index contributed by atoms with van der Waals surface area (Å²) in [4.78, 5) is 14.1. The molecular formula is C20H23NO3S. The molecule has 1 atom stereocenters. The second-order valence-electron chi connectivity index (χ2n) is 5.85. The second-order valence-corrected chi connectivity index (χ2v) is 7.04. The van der Waals surface area contributed by atoms with Crippen molar-refractivity contribution in [2.24, 2.45) is 0 Å². The summed E-state index contributed by atoms with van der Waals surface area (Å²) in [5.74, 6) is 2.57. The first-order valence-electron chi connectivity index (χ1n) is 8.48. The van der Waals surface area contributed by atoms with Crippen LogP contribution in [0.3, 0.4) is 0 Å². The van der Waals surface area contributed by atoms with E-state index in [9.17, 15) is 4.79 Å². The van der Waals surface area contributed by atoms with Crippen LogP contribution in [0, 0.1) is 0 Å². The van der Waals surface area contributed by atoms with Crippen molar-refractivity contribution in [1.29, 1.82) is 0 Å². The van der Waals surface area contributed by atoms with Gasteiger partial charge in [-0.15, -0.1) is 11.8 Å². The fraction of sp³-hybridized carbons (Fsp3) is 0.350. The molecule has 1 heterocycles. The Hall–Kier alpha value is -2.14. The number of methoxy groups -OCH3 is 1. The smallest absolute Gasteiger partial charge is 0.223 e.